The molecule has 0 spiro atoms. The fraction of sp³-hybridized carbons (Fsp3) is 0.143. The molecule has 4 aromatic carbocycles. The Morgan fingerprint density at radius 1 is 0.857 bits per heavy atom. The first-order valence-electron chi connectivity index (χ1n) is 14.9. The zero-order chi connectivity index (χ0) is 29.6. The van der Waals surface area contributed by atoms with Crippen LogP contribution in [0.2, 0.25) is 0 Å². The first kappa shape index (κ1) is 28.8. The number of allylic oxidation sites excluding steroid dienone is 10. The topological polar surface area (TPSA) is 0 Å². The maximum Gasteiger partial charge on any atom is -0.00237 e. The summed E-state index contributed by atoms with van der Waals surface area (Å²) < 4.78 is 0. The maximum absolute atomic E-state index is 4.36. The van der Waals surface area contributed by atoms with Gasteiger partial charge in [-0.1, -0.05) is 134 Å². The lowest BCUT2D eigenvalue weighted by Gasteiger charge is -2.25. The van der Waals surface area contributed by atoms with Gasteiger partial charge in [0, 0.05) is 0 Å². The van der Waals surface area contributed by atoms with Gasteiger partial charge in [-0.15, -0.1) is 0 Å². The molecule has 0 nitrogen and oxygen atoms in total. The molecule has 0 aliphatic heterocycles. The Kier molecular flexibility index (Phi) is 8.84. The summed E-state index contributed by atoms with van der Waals surface area (Å²) >= 11 is 0. The maximum atomic E-state index is 4.36. The van der Waals surface area contributed by atoms with Gasteiger partial charge < -0.3 is 0 Å². The van der Waals surface area contributed by atoms with E-state index in [2.05, 4.69) is 150 Å². The highest BCUT2D eigenvalue weighted by molar-refractivity contribution is 6.09. The van der Waals surface area contributed by atoms with Gasteiger partial charge in [-0.05, 0) is 119 Å². The average molecular weight is 545 g/mol. The number of benzene rings is 4. The summed E-state index contributed by atoms with van der Waals surface area (Å²) in [5.74, 6) is 0. The lowest BCUT2D eigenvalue weighted by molar-refractivity contribution is 0.989. The van der Waals surface area contributed by atoms with Crippen LogP contribution in [-0.4, -0.2) is 0 Å². The van der Waals surface area contributed by atoms with Crippen molar-refractivity contribution in [2.75, 3.05) is 0 Å². The van der Waals surface area contributed by atoms with Crippen LogP contribution in [0.5, 0.6) is 0 Å². The minimum absolute atomic E-state index is 1.01. The minimum Gasteiger partial charge on any atom is -0.0991 e. The third-order valence-electron chi connectivity index (χ3n) is 8.08. The quantitative estimate of drug-likeness (QED) is 0.194. The minimum atomic E-state index is 1.01. The third-order valence-corrected chi connectivity index (χ3v) is 8.08. The molecule has 0 saturated heterocycles. The summed E-state index contributed by atoms with van der Waals surface area (Å²) in [6.45, 7) is 16.7. The second-order valence-electron chi connectivity index (χ2n) is 10.9. The lowest BCUT2D eigenvalue weighted by Crippen LogP contribution is -2.05. The summed E-state index contributed by atoms with van der Waals surface area (Å²) in [6, 6.07) is 24.6. The summed E-state index contributed by atoms with van der Waals surface area (Å²) in [6.07, 6.45) is 21.4. The molecule has 0 bridgehead atoms. The molecular weight excluding hydrogens is 504 g/mol. The molecule has 0 unspecified atom stereocenters. The standard InChI is InChI=1S/C42H40/c1-7-10-22-33(29(4)5)36(18-9-3)42-39-25-13-11-23-37(39)41(38-24-12-14-26-40(38)42)32-21-16-20-31(28-32)35-27-15-19-30(6)34(35)17-8-2/h7-11,13-23,25-28H,1,4,12,24H2,2-3,5-6H3/b17-8-,18-9?,22-10-,36-33+. The Labute approximate surface area is 252 Å². The summed E-state index contributed by atoms with van der Waals surface area (Å²) in [7, 11) is 0. The first-order valence-corrected chi connectivity index (χ1v) is 14.9. The fourth-order valence-electron chi connectivity index (χ4n) is 6.27. The van der Waals surface area contributed by atoms with E-state index in [0.717, 1.165) is 24.0 Å². The van der Waals surface area contributed by atoms with Crippen LogP contribution in [0.4, 0.5) is 0 Å². The van der Waals surface area contributed by atoms with Crippen LogP contribution in [0.25, 0.3) is 50.8 Å². The molecule has 0 heterocycles. The van der Waals surface area contributed by atoms with E-state index in [1.807, 2.05) is 12.2 Å². The van der Waals surface area contributed by atoms with Crippen LogP contribution in [0, 0.1) is 6.92 Å². The number of hydrogen-bond acceptors (Lipinski definition) is 0. The lowest BCUT2D eigenvalue weighted by atomic mass is 9.78. The van der Waals surface area contributed by atoms with Gasteiger partial charge >= 0.3 is 0 Å². The van der Waals surface area contributed by atoms with Crippen molar-refractivity contribution in [2.45, 2.75) is 40.5 Å². The Bertz CT molecular complexity index is 1830. The number of fused-ring (bicyclic) bond motifs is 2. The second kappa shape index (κ2) is 12.9. The van der Waals surface area contributed by atoms with Crippen LogP contribution < -0.4 is 0 Å². The van der Waals surface area contributed by atoms with Crippen LogP contribution in [0.15, 0.2) is 134 Å². The van der Waals surface area contributed by atoms with Crippen molar-refractivity contribution in [3.63, 3.8) is 0 Å². The first-order chi connectivity index (χ1) is 20.5. The zero-order valence-corrected chi connectivity index (χ0v) is 25.4. The number of aryl methyl sites for hydroxylation is 1. The zero-order valence-electron chi connectivity index (χ0n) is 25.4. The SMILES string of the molecule is C=C/C=C\C(C(=C)C)=C(\C=CC)c1c2c(c(-c3cccc(-c4cccc(C)c4/C=C\C)c3)c3ccccc13)CCC=C2. The number of rotatable bonds is 8. The van der Waals surface area contributed by atoms with Crippen LogP contribution in [0.3, 0.4) is 0 Å². The van der Waals surface area contributed by atoms with E-state index in [-0.39, 0.29) is 0 Å². The van der Waals surface area contributed by atoms with E-state index in [4.69, 9.17) is 0 Å². The third kappa shape index (κ3) is 5.46. The summed E-state index contributed by atoms with van der Waals surface area (Å²) in [4.78, 5) is 0. The molecule has 0 amide bonds. The van der Waals surface area contributed by atoms with Gasteiger partial charge in [0.2, 0.25) is 0 Å². The summed E-state index contributed by atoms with van der Waals surface area (Å²) in [5, 5.41) is 2.54. The molecule has 0 N–H and O–H groups in total. The van der Waals surface area contributed by atoms with Crippen LogP contribution >= 0.6 is 0 Å². The van der Waals surface area contributed by atoms with E-state index < -0.39 is 0 Å². The van der Waals surface area contributed by atoms with Gasteiger partial charge in [0.15, 0.2) is 0 Å². The van der Waals surface area contributed by atoms with Crippen molar-refractivity contribution in [3.8, 4) is 22.3 Å². The molecular formula is C42H40. The highest BCUT2D eigenvalue weighted by atomic mass is 14.3. The van der Waals surface area contributed by atoms with Crippen molar-refractivity contribution in [1.82, 2.24) is 0 Å². The van der Waals surface area contributed by atoms with E-state index >= 15 is 0 Å². The molecule has 1 aliphatic carbocycles. The predicted molar refractivity (Wildman–Crippen MR) is 188 cm³/mol. The normalized spacial score (nSPS) is 13.7. The highest BCUT2D eigenvalue weighted by Gasteiger charge is 2.23. The van der Waals surface area contributed by atoms with E-state index in [0.29, 0.717) is 0 Å². The molecule has 1 aliphatic rings. The van der Waals surface area contributed by atoms with Gasteiger partial charge in [-0.3, -0.25) is 0 Å². The molecule has 5 rings (SSSR count). The second-order valence-corrected chi connectivity index (χ2v) is 10.9. The fourth-order valence-corrected chi connectivity index (χ4v) is 6.27. The largest absolute Gasteiger partial charge is 0.0991 e. The van der Waals surface area contributed by atoms with Crippen molar-refractivity contribution in [3.05, 3.63) is 161 Å². The predicted octanol–water partition coefficient (Wildman–Crippen LogP) is 12.1. The van der Waals surface area contributed by atoms with E-state index in [1.54, 1.807) is 0 Å². The molecule has 4 aromatic rings. The Morgan fingerprint density at radius 3 is 2.36 bits per heavy atom. The van der Waals surface area contributed by atoms with Gasteiger partial charge in [0.05, 0.1) is 0 Å². The van der Waals surface area contributed by atoms with Gasteiger partial charge in [-0.2, -0.15) is 0 Å². The summed E-state index contributed by atoms with van der Waals surface area (Å²) in [5.41, 5.74) is 15.0. The van der Waals surface area contributed by atoms with Crippen LogP contribution in [0.1, 0.15) is 55.0 Å². The van der Waals surface area contributed by atoms with E-state index in [9.17, 15) is 0 Å². The Morgan fingerprint density at radius 2 is 1.62 bits per heavy atom. The van der Waals surface area contributed by atoms with E-state index in [1.165, 1.54) is 66.4 Å². The van der Waals surface area contributed by atoms with Crippen molar-refractivity contribution in [1.29, 1.82) is 0 Å². The highest BCUT2D eigenvalue weighted by Crippen LogP contribution is 2.45. The molecule has 0 atom stereocenters. The van der Waals surface area contributed by atoms with Gasteiger partial charge in [-0.25, -0.2) is 0 Å². The molecule has 0 aromatic heterocycles. The van der Waals surface area contributed by atoms with Crippen molar-refractivity contribution < 1.29 is 0 Å². The van der Waals surface area contributed by atoms with Crippen LogP contribution in [-0.2, 0) is 6.42 Å². The molecule has 208 valence electrons. The number of hydrogen-bond donors (Lipinski definition) is 0. The monoisotopic (exact) mass is 544 g/mol. The van der Waals surface area contributed by atoms with Crippen molar-refractivity contribution >= 4 is 28.5 Å². The molecule has 42 heavy (non-hydrogen) atoms. The average Bonchev–Trinajstić information content (AvgIpc) is 3.00. The smallest absolute Gasteiger partial charge is 0.00237 e. The Balaban J connectivity index is 1.87. The Hall–Kier alpha value is -4.68. The van der Waals surface area contributed by atoms with Crippen molar-refractivity contribution in [2.24, 2.45) is 0 Å². The molecule has 0 heteroatoms. The molecule has 0 saturated carbocycles. The van der Waals surface area contributed by atoms with Gasteiger partial charge in [0.25, 0.3) is 0 Å². The van der Waals surface area contributed by atoms with Gasteiger partial charge in [0.1, 0.15) is 0 Å². The molecule has 0 radical (unpaired) electrons. The molecule has 0 fully saturated rings.